The Hall–Kier alpha value is -3.34. The van der Waals surface area contributed by atoms with Crippen molar-refractivity contribution in [3.63, 3.8) is 0 Å². The van der Waals surface area contributed by atoms with Gasteiger partial charge in [0.1, 0.15) is 34.5 Å². The van der Waals surface area contributed by atoms with Crippen LogP contribution < -0.4 is 14.2 Å². The number of hydrogen-bond donors (Lipinski definition) is 2. The van der Waals surface area contributed by atoms with Crippen LogP contribution in [0, 0.1) is 0 Å². The van der Waals surface area contributed by atoms with E-state index in [-0.39, 0.29) is 17.4 Å². The molecule has 5 nitrogen and oxygen atoms in total. The molecule has 3 aromatic carbocycles. The maximum atomic E-state index is 9.86. The molecule has 0 bridgehead atoms. The van der Waals surface area contributed by atoms with Gasteiger partial charge in [0, 0.05) is 34.7 Å². The molecule has 1 aliphatic heterocycles. The van der Waals surface area contributed by atoms with Gasteiger partial charge in [0.15, 0.2) is 0 Å². The minimum atomic E-state index is -0.194. The van der Waals surface area contributed by atoms with Gasteiger partial charge in [0.25, 0.3) is 0 Å². The topological polar surface area (TPSA) is 68.2 Å². The molecule has 1 heterocycles. The molecule has 0 aromatic heterocycles. The number of aromatic hydroxyl groups is 2. The smallest absolute Gasteiger partial charge is 0.135 e. The summed E-state index contributed by atoms with van der Waals surface area (Å²) in [6.07, 6.45) is 0. The summed E-state index contributed by atoms with van der Waals surface area (Å²) in [5.41, 5.74) is 2.70. The van der Waals surface area contributed by atoms with Gasteiger partial charge >= 0.3 is 0 Å². The van der Waals surface area contributed by atoms with Gasteiger partial charge in [-0.3, -0.25) is 0 Å². The molecule has 4 rings (SSSR count). The first-order valence-corrected chi connectivity index (χ1v) is 8.16. The Balaban J connectivity index is 1.99. The Morgan fingerprint density at radius 2 is 1.35 bits per heavy atom. The first-order chi connectivity index (χ1) is 12.6. The molecular weight excluding hydrogens is 332 g/mol. The first-order valence-electron chi connectivity index (χ1n) is 8.16. The summed E-state index contributed by atoms with van der Waals surface area (Å²) >= 11 is 0. The van der Waals surface area contributed by atoms with Gasteiger partial charge in [-0.15, -0.1) is 0 Å². The average Bonchev–Trinajstić information content (AvgIpc) is 2.65. The molecule has 1 aliphatic rings. The average molecular weight is 350 g/mol. The second-order valence-electron chi connectivity index (χ2n) is 6.09. The lowest BCUT2D eigenvalue weighted by atomic mass is 9.82. The van der Waals surface area contributed by atoms with Crippen molar-refractivity contribution in [3.05, 3.63) is 71.3 Å². The SMILES string of the molecule is COc1ccc(OC)c(C2c3ccc(O)cc3Oc3cc(O)ccc32)c1. The Morgan fingerprint density at radius 1 is 0.731 bits per heavy atom. The molecule has 0 fully saturated rings. The van der Waals surface area contributed by atoms with E-state index < -0.39 is 0 Å². The molecule has 0 spiro atoms. The summed E-state index contributed by atoms with van der Waals surface area (Å²) in [6.45, 7) is 0. The maximum absolute atomic E-state index is 9.86. The van der Waals surface area contributed by atoms with Crippen LogP contribution in [0.25, 0.3) is 0 Å². The number of hydrogen-bond acceptors (Lipinski definition) is 5. The summed E-state index contributed by atoms with van der Waals surface area (Å²) < 4.78 is 16.9. The van der Waals surface area contributed by atoms with E-state index in [0.717, 1.165) is 22.4 Å². The fraction of sp³-hybridized carbons (Fsp3) is 0.143. The fourth-order valence-electron chi connectivity index (χ4n) is 3.39. The van der Waals surface area contributed by atoms with Crippen LogP contribution in [0.15, 0.2) is 54.6 Å². The molecule has 26 heavy (non-hydrogen) atoms. The molecule has 0 saturated carbocycles. The first kappa shape index (κ1) is 16.1. The van der Waals surface area contributed by atoms with Crippen LogP contribution in [-0.2, 0) is 0 Å². The fourth-order valence-corrected chi connectivity index (χ4v) is 3.39. The third kappa shape index (κ3) is 2.58. The molecule has 0 saturated heterocycles. The zero-order chi connectivity index (χ0) is 18.3. The van der Waals surface area contributed by atoms with E-state index in [1.54, 1.807) is 38.5 Å². The van der Waals surface area contributed by atoms with E-state index in [1.807, 2.05) is 30.3 Å². The van der Waals surface area contributed by atoms with Gasteiger partial charge in [0.05, 0.1) is 14.2 Å². The number of phenolic OH excluding ortho intramolecular Hbond substituents is 2. The lowest BCUT2D eigenvalue weighted by Gasteiger charge is -2.30. The zero-order valence-corrected chi connectivity index (χ0v) is 14.4. The molecule has 0 amide bonds. The van der Waals surface area contributed by atoms with E-state index in [2.05, 4.69) is 0 Å². The largest absolute Gasteiger partial charge is 0.508 e. The van der Waals surface area contributed by atoms with Gasteiger partial charge in [-0.2, -0.15) is 0 Å². The Bertz CT molecular complexity index is 929. The number of fused-ring (bicyclic) bond motifs is 2. The molecule has 0 atom stereocenters. The highest BCUT2D eigenvalue weighted by atomic mass is 16.5. The zero-order valence-electron chi connectivity index (χ0n) is 14.4. The molecule has 0 aliphatic carbocycles. The minimum absolute atomic E-state index is 0.115. The Labute approximate surface area is 151 Å². The van der Waals surface area contributed by atoms with Crippen molar-refractivity contribution >= 4 is 0 Å². The third-order valence-electron chi connectivity index (χ3n) is 4.58. The summed E-state index contributed by atoms with van der Waals surface area (Å²) in [4.78, 5) is 0. The van der Waals surface area contributed by atoms with Gasteiger partial charge in [-0.1, -0.05) is 12.1 Å². The second kappa shape index (κ2) is 6.19. The number of ether oxygens (including phenoxy) is 3. The van der Waals surface area contributed by atoms with Gasteiger partial charge < -0.3 is 24.4 Å². The van der Waals surface area contributed by atoms with Crippen molar-refractivity contribution in [2.24, 2.45) is 0 Å². The number of phenols is 2. The lowest BCUT2D eigenvalue weighted by Crippen LogP contribution is -2.12. The molecule has 0 radical (unpaired) electrons. The maximum Gasteiger partial charge on any atom is 0.135 e. The van der Waals surface area contributed by atoms with E-state index >= 15 is 0 Å². The normalized spacial score (nSPS) is 12.7. The molecule has 5 heteroatoms. The molecule has 2 N–H and O–H groups in total. The van der Waals surface area contributed by atoms with Crippen LogP contribution in [0.2, 0.25) is 0 Å². The van der Waals surface area contributed by atoms with Crippen molar-refractivity contribution < 1.29 is 24.4 Å². The highest BCUT2D eigenvalue weighted by molar-refractivity contribution is 5.63. The molecule has 132 valence electrons. The number of methoxy groups -OCH3 is 2. The van der Waals surface area contributed by atoms with Crippen molar-refractivity contribution in [2.45, 2.75) is 5.92 Å². The quantitative estimate of drug-likeness (QED) is 0.573. The van der Waals surface area contributed by atoms with E-state index in [4.69, 9.17) is 14.2 Å². The van der Waals surface area contributed by atoms with Gasteiger partial charge in [-0.25, -0.2) is 0 Å². The van der Waals surface area contributed by atoms with Crippen LogP contribution in [0.5, 0.6) is 34.5 Å². The summed E-state index contributed by atoms with van der Waals surface area (Å²) in [5, 5.41) is 19.7. The number of rotatable bonds is 3. The summed E-state index contributed by atoms with van der Waals surface area (Å²) in [6, 6.07) is 15.7. The van der Waals surface area contributed by atoms with Crippen LogP contribution in [-0.4, -0.2) is 24.4 Å². The van der Waals surface area contributed by atoms with Crippen LogP contribution in [0.4, 0.5) is 0 Å². The van der Waals surface area contributed by atoms with E-state index in [1.165, 1.54) is 0 Å². The van der Waals surface area contributed by atoms with Crippen LogP contribution in [0.3, 0.4) is 0 Å². The predicted molar refractivity (Wildman–Crippen MR) is 96.8 cm³/mol. The predicted octanol–water partition coefficient (Wildman–Crippen LogP) is 4.40. The highest BCUT2D eigenvalue weighted by Gasteiger charge is 2.31. The second-order valence-corrected chi connectivity index (χ2v) is 6.09. The molecule has 0 unspecified atom stereocenters. The molecular formula is C21H18O5. The van der Waals surface area contributed by atoms with Crippen molar-refractivity contribution in [3.8, 4) is 34.5 Å². The summed E-state index contributed by atoms with van der Waals surface area (Å²) in [7, 11) is 3.24. The van der Waals surface area contributed by atoms with Crippen LogP contribution >= 0.6 is 0 Å². The monoisotopic (exact) mass is 350 g/mol. The van der Waals surface area contributed by atoms with Crippen LogP contribution in [0.1, 0.15) is 22.6 Å². The Kier molecular flexibility index (Phi) is 3.84. The van der Waals surface area contributed by atoms with Crippen molar-refractivity contribution in [1.29, 1.82) is 0 Å². The van der Waals surface area contributed by atoms with Gasteiger partial charge in [0.2, 0.25) is 0 Å². The van der Waals surface area contributed by atoms with E-state index in [9.17, 15) is 10.2 Å². The summed E-state index contributed by atoms with van der Waals surface area (Å²) in [5.74, 6) is 2.55. The highest BCUT2D eigenvalue weighted by Crippen LogP contribution is 2.51. The lowest BCUT2D eigenvalue weighted by molar-refractivity contribution is 0.394. The Morgan fingerprint density at radius 3 is 1.88 bits per heavy atom. The molecule has 3 aromatic rings. The van der Waals surface area contributed by atoms with Gasteiger partial charge in [-0.05, 0) is 30.3 Å². The van der Waals surface area contributed by atoms with E-state index in [0.29, 0.717) is 17.2 Å². The third-order valence-corrected chi connectivity index (χ3v) is 4.58. The van der Waals surface area contributed by atoms with Crippen molar-refractivity contribution in [1.82, 2.24) is 0 Å². The number of benzene rings is 3. The van der Waals surface area contributed by atoms with Crippen molar-refractivity contribution in [2.75, 3.05) is 14.2 Å². The standard InChI is InChI=1S/C21H18O5/c1-24-14-5-8-18(25-2)17(11-14)21-15-6-3-12(22)9-19(15)26-20-10-13(23)4-7-16(20)21/h3-11,21-23H,1-2H3. The minimum Gasteiger partial charge on any atom is -0.508 e.